The van der Waals surface area contributed by atoms with Gasteiger partial charge in [-0.25, -0.2) is 8.42 Å². The van der Waals surface area contributed by atoms with Crippen LogP contribution in [-0.2, 0) is 21.2 Å². The third kappa shape index (κ3) is 2.83. The fourth-order valence-electron chi connectivity index (χ4n) is 3.03. The fraction of sp³-hybridized carbons (Fsp3) is 0.533. The van der Waals surface area contributed by atoms with Gasteiger partial charge in [-0.2, -0.15) is 0 Å². The molecule has 0 N–H and O–H groups in total. The normalized spacial score (nSPS) is 21.8. The van der Waals surface area contributed by atoms with Crippen LogP contribution in [0.2, 0.25) is 0 Å². The van der Waals surface area contributed by atoms with Crippen molar-refractivity contribution in [2.24, 2.45) is 0 Å². The number of benzene rings is 1. The van der Waals surface area contributed by atoms with E-state index in [2.05, 4.69) is 0 Å². The van der Waals surface area contributed by atoms with Crippen LogP contribution in [0.25, 0.3) is 0 Å². The van der Waals surface area contributed by atoms with Crippen molar-refractivity contribution in [1.29, 1.82) is 0 Å². The lowest BCUT2D eigenvalue weighted by Gasteiger charge is -2.31. The molecule has 0 bridgehead atoms. The van der Waals surface area contributed by atoms with Crippen LogP contribution in [0.1, 0.15) is 22.8 Å². The molecule has 22 heavy (non-hydrogen) atoms. The number of amides is 1. The van der Waals surface area contributed by atoms with Crippen molar-refractivity contribution in [3.05, 3.63) is 29.3 Å². The zero-order valence-corrected chi connectivity index (χ0v) is 13.6. The van der Waals surface area contributed by atoms with Crippen molar-refractivity contribution in [2.45, 2.75) is 19.4 Å². The summed E-state index contributed by atoms with van der Waals surface area (Å²) in [6.45, 7) is 4.13. The summed E-state index contributed by atoms with van der Waals surface area (Å²) in [7, 11) is -3.26. The zero-order chi connectivity index (χ0) is 15.9. The molecule has 2 aliphatic rings. The van der Waals surface area contributed by atoms with E-state index in [-0.39, 0.29) is 12.0 Å². The molecule has 6 nitrogen and oxygen atoms in total. The molecule has 1 atom stereocenters. The Balaban J connectivity index is 1.84. The van der Waals surface area contributed by atoms with Crippen LogP contribution in [0.4, 0.5) is 5.69 Å². The minimum Gasteiger partial charge on any atom is -0.375 e. The maximum Gasteiger partial charge on any atom is 0.254 e. The molecule has 3 rings (SSSR count). The predicted octanol–water partition coefficient (Wildman–Crippen LogP) is 0.870. The molecule has 0 saturated carbocycles. The minimum atomic E-state index is -3.26. The highest BCUT2D eigenvalue weighted by Crippen LogP contribution is 2.31. The van der Waals surface area contributed by atoms with E-state index in [1.165, 1.54) is 10.6 Å². The van der Waals surface area contributed by atoms with Gasteiger partial charge in [-0.05, 0) is 37.1 Å². The molecule has 1 fully saturated rings. The van der Waals surface area contributed by atoms with Crippen LogP contribution < -0.4 is 4.31 Å². The third-order valence-corrected chi connectivity index (χ3v) is 5.29. The monoisotopic (exact) mass is 324 g/mol. The predicted molar refractivity (Wildman–Crippen MR) is 83.7 cm³/mol. The SMILES string of the molecule is C[C@H]1CN(C(=O)c2ccc3c(c2)CCN3S(C)(=O)=O)CCO1. The molecule has 0 radical (unpaired) electrons. The summed E-state index contributed by atoms with van der Waals surface area (Å²) in [4.78, 5) is 14.4. The summed E-state index contributed by atoms with van der Waals surface area (Å²) in [5, 5.41) is 0. The smallest absolute Gasteiger partial charge is 0.254 e. The van der Waals surface area contributed by atoms with Gasteiger partial charge >= 0.3 is 0 Å². The van der Waals surface area contributed by atoms with Crippen LogP contribution in [0.5, 0.6) is 0 Å². The number of sulfonamides is 1. The van der Waals surface area contributed by atoms with E-state index in [0.29, 0.717) is 43.9 Å². The molecule has 1 amide bonds. The Morgan fingerprint density at radius 1 is 1.32 bits per heavy atom. The summed E-state index contributed by atoms with van der Waals surface area (Å²) < 4.78 is 30.3. The standard InChI is InChI=1S/C15H20N2O4S/c1-11-10-16(7-8-21-11)15(18)13-3-4-14-12(9-13)5-6-17(14)22(2,19)20/h3-4,9,11H,5-8,10H2,1-2H3/t11-/m0/s1. The maximum absolute atomic E-state index is 12.6. The van der Waals surface area contributed by atoms with Gasteiger partial charge in [0.1, 0.15) is 0 Å². The highest BCUT2D eigenvalue weighted by molar-refractivity contribution is 7.92. The number of nitrogens with zero attached hydrogens (tertiary/aromatic N) is 2. The Hall–Kier alpha value is -1.60. The quantitative estimate of drug-likeness (QED) is 0.809. The Bertz CT molecular complexity index is 701. The molecule has 0 aliphatic carbocycles. The zero-order valence-electron chi connectivity index (χ0n) is 12.8. The van der Waals surface area contributed by atoms with Crippen molar-refractivity contribution in [1.82, 2.24) is 4.90 Å². The Morgan fingerprint density at radius 2 is 2.09 bits per heavy atom. The highest BCUT2D eigenvalue weighted by atomic mass is 32.2. The second kappa shape index (κ2) is 5.55. The number of anilines is 1. The second-order valence-electron chi connectivity index (χ2n) is 5.86. The molecular formula is C15H20N2O4S. The molecule has 2 heterocycles. The van der Waals surface area contributed by atoms with E-state index >= 15 is 0 Å². The Labute approximate surface area is 130 Å². The molecule has 1 aromatic carbocycles. The molecule has 1 saturated heterocycles. The first-order valence-electron chi connectivity index (χ1n) is 7.38. The van der Waals surface area contributed by atoms with E-state index in [4.69, 9.17) is 4.74 Å². The topological polar surface area (TPSA) is 66.9 Å². The molecule has 0 aromatic heterocycles. The number of ether oxygens (including phenoxy) is 1. The van der Waals surface area contributed by atoms with Gasteiger partial charge in [0.25, 0.3) is 5.91 Å². The van der Waals surface area contributed by atoms with Gasteiger partial charge in [0, 0.05) is 25.2 Å². The lowest BCUT2D eigenvalue weighted by molar-refractivity contribution is -0.0124. The number of morpholine rings is 1. The number of carbonyl (C=O) groups is 1. The van der Waals surface area contributed by atoms with Crippen molar-refractivity contribution >= 4 is 21.6 Å². The van der Waals surface area contributed by atoms with Gasteiger partial charge < -0.3 is 9.64 Å². The first-order valence-corrected chi connectivity index (χ1v) is 9.22. The average molecular weight is 324 g/mol. The number of rotatable bonds is 2. The number of hydrogen-bond donors (Lipinski definition) is 0. The van der Waals surface area contributed by atoms with Crippen molar-refractivity contribution in [3.8, 4) is 0 Å². The molecule has 0 unspecified atom stereocenters. The summed E-state index contributed by atoms with van der Waals surface area (Å²) in [6.07, 6.45) is 1.90. The van der Waals surface area contributed by atoms with Gasteiger partial charge in [0.05, 0.1) is 24.7 Å². The third-order valence-electron chi connectivity index (χ3n) is 4.11. The largest absolute Gasteiger partial charge is 0.375 e. The van der Waals surface area contributed by atoms with Crippen molar-refractivity contribution in [2.75, 3.05) is 36.8 Å². The van der Waals surface area contributed by atoms with Crippen LogP contribution >= 0.6 is 0 Å². The fourth-order valence-corrected chi connectivity index (χ4v) is 3.99. The van der Waals surface area contributed by atoms with Gasteiger partial charge in [-0.15, -0.1) is 0 Å². The van der Waals surface area contributed by atoms with Gasteiger partial charge in [0.15, 0.2) is 0 Å². The van der Waals surface area contributed by atoms with Crippen molar-refractivity contribution in [3.63, 3.8) is 0 Å². The van der Waals surface area contributed by atoms with Crippen LogP contribution in [0.15, 0.2) is 18.2 Å². The first kappa shape index (κ1) is 15.3. The van der Waals surface area contributed by atoms with Gasteiger partial charge in [-0.1, -0.05) is 0 Å². The second-order valence-corrected chi connectivity index (χ2v) is 7.77. The molecule has 1 aromatic rings. The Kier molecular flexibility index (Phi) is 3.86. The minimum absolute atomic E-state index is 0.0178. The number of hydrogen-bond acceptors (Lipinski definition) is 4. The molecular weight excluding hydrogens is 304 g/mol. The van der Waals surface area contributed by atoms with Gasteiger partial charge in [0.2, 0.25) is 10.0 Å². The summed E-state index contributed by atoms with van der Waals surface area (Å²) in [5.74, 6) is -0.0178. The first-order chi connectivity index (χ1) is 10.4. The van der Waals surface area contributed by atoms with E-state index in [1.807, 2.05) is 13.0 Å². The summed E-state index contributed by atoms with van der Waals surface area (Å²) >= 11 is 0. The lowest BCUT2D eigenvalue weighted by atomic mass is 10.1. The van der Waals surface area contributed by atoms with Crippen LogP contribution in [0.3, 0.4) is 0 Å². The van der Waals surface area contributed by atoms with E-state index in [9.17, 15) is 13.2 Å². The number of fused-ring (bicyclic) bond motifs is 1. The summed E-state index contributed by atoms with van der Waals surface area (Å²) in [6, 6.07) is 5.27. The lowest BCUT2D eigenvalue weighted by Crippen LogP contribution is -2.44. The van der Waals surface area contributed by atoms with Crippen LogP contribution in [0, 0.1) is 0 Å². The molecule has 0 spiro atoms. The highest BCUT2D eigenvalue weighted by Gasteiger charge is 2.28. The van der Waals surface area contributed by atoms with Gasteiger partial charge in [-0.3, -0.25) is 9.10 Å². The van der Waals surface area contributed by atoms with E-state index in [0.717, 1.165) is 5.56 Å². The van der Waals surface area contributed by atoms with Crippen molar-refractivity contribution < 1.29 is 17.9 Å². The maximum atomic E-state index is 12.6. The Morgan fingerprint density at radius 3 is 2.77 bits per heavy atom. The van der Waals surface area contributed by atoms with E-state index in [1.54, 1.807) is 17.0 Å². The molecule has 2 aliphatic heterocycles. The molecule has 7 heteroatoms. The molecule has 120 valence electrons. The number of carbonyl (C=O) groups excluding carboxylic acids is 1. The summed E-state index contributed by atoms with van der Waals surface area (Å²) in [5.41, 5.74) is 2.22. The van der Waals surface area contributed by atoms with E-state index < -0.39 is 10.0 Å². The average Bonchev–Trinajstić information content (AvgIpc) is 2.89. The van der Waals surface area contributed by atoms with Crippen LogP contribution in [-0.4, -0.2) is 57.8 Å².